The highest BCUT2D eigenvalue weighted by Crippen LogP contribution is 2.39. The molecule has 180 valence electrons. The molecule has 1 aliphatic carbocycles. The summed E-state index contributed by atoms with van der Waals surface area (Å²) in [5.41, 5.74) is 4.09. The van der Waals surface area contributed by atoms with Gasteiger partial charge in [-0.3, -0.25) is 9.58 Å². The zero-order valence-electron chi connectivity index (χ0n) is 19.6. The molecule has 0 radical (unpaired) electrons. The molecule has 9 heteroatoms. The van der Waals surface area contributed by atoms with E-state index in [4.69, 9.17) is 21.3 Å². The number of hydrogen-bond donors (Lipinski definition) is 2. The van der Waals surface area contributed by atoms with E-state index in [0.29, 0.717) is 37.2 Å². The predicted molar refractivity (Wildman–Crippen MR) is 132 cm³/mol. The molecule has 1 unspecified atom stereocenters. The van der Waals surface area contributed by atoms with Gasteiger partial charge in [0.05, 0.1) is 54.5 Å². The van der Waals surface area contributed by atoms with Crippen molar-refractivity contribution in [1.29, 1.82) is 0 Å². The van der Waals surface area contributed by atoms with Crippen molar-refractivity contribution in [3.05, 3.63) is 40.8 Å². The molecule has 8 nitrogen and oxygen atoms in total. The van der Waals surface area contributed by atoms with Gasteiger partial charge in [0, 0.05) is 22.6 Å². The Morgan fingerprint density at radius 3 is 2.76 bits per heavy atom. The molecule has 1 saturated carbocycles. The van der Waals surface area contributed by atoms with Crippen LogP contribution in [0.3, 0.4) is 0 Å². The van der Waals surface area contributed by atoms with E-state index in [2.05, 4.69) is 44.9 Å². The average molecular weight is 483 g/mol. The molecular weight excluding hydrogens is 452 g/mol. The fraction of sp³-hybridized carbons (Fsp3) is 0.560. The third-order valence-electron chi connectivity index (χ3n) is 7.70. The van der Waals surface area contributed by atoms with Crippen molar-refractivity contribution in [2.24, 2.45) is 0 Å². The number of nitrogens with one attached hydrogen (secondary N) is 1. The van der Waals surface area contributed by atoms with Gasteiger partial charge in [0.1, 0.15) is 0 Å². The lowest BCUT2D eigenvalue weighted by atomic mass is 9.84. The van der Waals surface area contributed by atoms with Crippen LogP contribution in [0, 0.1) is 6.92 Å². The summed E-state index contributed by atoms with van der Waals surface area (Å²) in [7, 11) is 0. The van der Waals surface area contributed by atoms with E-state index in [-0.39, 0.29) is 6.04 Å². The summed E-state index contributed by atoms with van der Waals surface area (Å²) >= 11 is 6.74. The second-order valence-corrected chi connectivity index (χ2v) is 10.5. The second-order valence-electron chi connectivity index (χ2n) is 10.1. The minimum Gasteiger partial charge on any atom is -0.389 e. The smallest absolute Gasteiger partial charge is 0.227 e. The summed E-state index contributed by atoms with van der Waals surface area (Å²) < 4.78 is 7.58. The number of aliphatic hydroxyl groups is 1. The van der Waals surface area contributed by atoms with Gasteiger partial charge in [-0.2, -0.15) is 5.10 Å². The van der Waals surface area contributed by atoms with E-state index in [1.807, 2.05) is 18.5 Å². The largest absolute Gasteiger partial charge is 0.389 e. The highest BCUT2D eigenvalue weighted by molar-refractivity contribution is 6.32. The fourth-order valence-electron chi connectivity index (χ4n) is 5.61. The van der Waals surface area contributed by atoms with Crippen molar-refractivity contribution in [2.75, 3.05) is 25.1 Å². The third-order valence-corrected chi connectivity index (χ3v) is 8.02. The first kappa shape index (κ1) is 22.2. The van der Waals surface area contributed by atoms with Gasteiger partial charge in [-0.05, 0) is 69.7 Å². The summed E-state index contributed by atoms with van der Waals surface area (Å²) in [4.78, 5) is 11.7. The number of piperidine rings is 1. The minimum atomic E-state index is -0.397. The zero-order valence-corrected chi connectivity index (χ0v) is 20.4. The normalized spacial score (nSPS) is 28.0. The Bertz CT molecular complexity index is 1210. The highest BCUT2D eigenvalue weighted by atomic mass is 35.5. The van der Waals surface area contributed by atoms with Crippen LogP contribution in [0.5, 0.6) is 0 Å². The highest BCUT2D eigenvalue weighted by Gasteiger charge is 2.38. The van der Waals surface area contributed by atoms with Crippen LogP contribution in [-0.4, -0.2) is 67.7 Å². The number of benzene rings is 1. The number of nitrogens with zero attached hydrogens (tertiary/aromatic N) is 5. The molecule has 4 heterocycles. The lowest BCUT2D eigenvalue weighted by Gasteiger charge is -2.42. The molecular formula is C25H31ClN6O2. The molecule has 0 spiro atoms. The number of aromatic nitrogens is 4. The third kappa shape index (κ3) is 4.06. The average Bonchev–Trinajstić information content (AvgIpc) is 3.48. The van der Waals surface area contributed by atoms with Crippen molar-refractivity contribution in [3.63, 3.8) is 0 Å². The van der Waals surface area contributed by atoms with E-state index < -0.39 is 6.10 Å². The van der Waals surface area contributed by atoms with Crippen LogP contribution in [0.1, 0.15) is 55.8 Å². The van der Waals surface area contributed by atoms with Crippen LogP contribution in [0.4, 0.5) is 11.6 Å². The first-order valence-corrected chi connectivity index (χ1v) is 12.6. The summed E-state index contributed by atoms with van der Waals surface area (Å²) in [5, 5.41) is 19.8. The molecule has 3 aliphatic rings. The molecule has 2 aromatic heterocycles. The first-order valence-electron chi connectivity index (χ1n) is 12.3. The van der Waals surface area contributed by atoms with Gasteiger partial charge in [-0.25, -0.2) is 9.97 Å². The van der Waals surface area contributed by atoms with Crippen LogP contribution in [0.15, 0.2) is 24.5 Å². The van der Waals surface area contributed by atoms with Gasteiger partial charge in [0.2, 0.25) is 5.95 Å². The molecule has 6 rings (SSSR count). The standard InChI is InChI=1S/C25H31ClN6O2/c1-14-7-16(5-6-31(14)23-12-34-13-24(23)33)19-9-21-17(8-20(19)26)10-27-25(29-21)30-22-11-28-32(15(22)2)18-3-4-18/h8-11,14,16,18,23-24,33H,3-7,12-13H2,1-2H3,(H,27,29,30)/t14-,16?,23-,24+/m0/s1. The molecule has 34 heavy (non-hydrogen) atoms. The van der Waals surface area contributed by atoms with E-state index in [1.54, 1.807) is 0 Å². The molecule has 4 atom stereocenters. The number of fused-ring (bicyclic) bond motifs is 1. The quantitative estimate of drug-likeness (QED) is 0.563. The number of rotatable bonds is 5. The molecule has 3 aromatic rings. The van der Waals surface area contributed by atoms with Crippen molar-refractivity contribution >= 4 is 34.1 Å². The molecule has 0 amide bonds. The van der Waals surface area contributed by atoms with Crippen LogP contribution in [0.25, 0.3) is 10.9 Å². The van der Waals surface area contributed by atoms with E-state index >= 15 is 0 Å². The molecule has 1 aromatic carbocycles. The van der Waals surface area contributed by atoms with E-state index in [0.717, 1.165) is 52.3 Å². The van der Waals surface area contributed by atoms with Crippen molar-refractivity contribution in [2.45, 2.75) is 69.7 Å². The summed E-state index contributed by atoms with van der Waals surface area (Å²) in [6, 6.07) is 5.09. The van der Waals surface area contributed by atoms with Gasteiger partial charge in [-0.1, -0.05) is 11.6 Å². The summed E-state index contributed by atoms with van der Waals surface area (Å²) in [6.07, 6.45) is 7.67. The lowest BCUT2D eigenvalue weighted by molar-refractivity contribution is 0.0352. The van der Waals surface area contributed by atoms with Crippen LogP contribution < -0.4 is 5.32 Å². The van der Waals surface area contributed by atoms with Gasteiger partial charge in [0.25, 0.3) is 0 Å². The Balaban J connectivity index is 1.22. The number of halogens is 1. The Morgan fingerprint density at radius 2 is 2.03 bits per heavy atom. The molecule has 2 saturated heterocycles. The maximum absolute atomic E-state index is 10.3. The molecule has 3 fully saturated rings. The first-order chi connectivity index (χ1) is 16.5. The fourth-order valence-corrected chi connectivity index (χ4v) is 5.93. The van der Waals surface area contributed by atoms with Crippen molar-refractivity contribution in [3.8, 4) is 0 Å². The van der Waals surface area contributed by atoms with Crippen molar-refractivity contribution < 1.29 is 9.84 Å². The maximum Gasteiger partial charge on any atom is 0.227 e. The van der Waals surface area contributed by atoms with Gasteiger partial charge in [0.15, 0.2) is 0 Å². The molecule has 2 N–H and O–H groups in total. The Morgan fingerprint density at radius 1 is 1.18 bits per heavy atom. The number of anilines is 2. The van der Waals surface area contributed by atoms with E-state index in [9.17, 15) is 5.11 Å². The van der Waals surface area contributed by atoms with Gasteiger partial charge >= 0.3 is 0 Å². The maximum atomic E-state index is 10.3. The monoisotopic (exact) mass is 482 g/mol. The summed E-state index contributed by atoms with van der Waals surface area (Å²) in [6.45, 7) is 6.28. The topological polar surface area (TPSA) is 88.3 Å². The number of ether oxygens (including phenoxy) is 1. The van der Waals surface area contributed by atoms with Gasteiger partial charge < -0.3 is 15.2 Å². The molecule has 2 aliphatic heterocycles. The van der Waals surface area contributed by atoms with Crippen LogP contribution >= 0.6 is 11.6 Å². The van der Waals surface area contributed by atoms with E-state index in [1.165, 1.54) is 12.8 Å². The number of aliphatic hydroxyl groups excluding tert-OH is 1. The zero-order chi connectivity index (χ0) is 23.4. The lowest BCUT2D eigenvalue weighted by Crippen LogP contribution is -2.51. The summed E-state index contributed by atoms with van der Waals surface area (Å²) in [5.74, 6) is 0.922. The molecule has 0 bridgehead atoms. The van der Waals surface area contributed by atoms with Crippen LogP contribution in [0.2, 0.25) is 5.02 Å². The second kappa shape index (κ2) is 8.75. The Hall–Kier alpha value is -2.26. The minimum absolute atomic E-state index is 0.0946. The Kier molecular flexibility index (Phi) is 5.72. The van der Waals surface area contributed by atoms with Crippen molar-refractivity contribution in [1.82, 2.24) is 24.6 Å². The Labute approximate surface area is 204 Å². The predicted octanol–water partition coefficient (Wildman–Crippen LogP) is 4.19. The van der Waals surface area contributed by atoms with Crippen LogP contribution in [-0.2, 0) is 4.74 Å². The number of hydrogen-bond acceptors (Lipinski definition) is 7. The van der Waals surface area contributed by atoms with Gasteiger partial charge in [-0.15, -0.1) is 0 Å². The SMILES string of the molecule is Cc1c(Nc2ncc3cc(Cl)c(C4CCN([C@H]5COC[C@H]5O)[C@@H](C)C4)cc3n2)cnn1C1CC1. The number of likely N-dealkylation sites (tertiary alicyclic amines) is 1.